The number of alkyl halides is 2. The molecule has 5 heteroatoms. The highest BCUT2D eigenvalue weighted by atomic mass is 35.5. The van der Waals surface area contributed by atoms with Crippen LogP contribution in [0.5, 0.6) is 0 Å². The van der Waals surface area contributed by atoms with Gasteiger partial charge in [0.05, 0.1) is 5.75 Å². The summed E-state index contributed by atoms with van der Waals surface area (Å²) in [5, 5.41) is 2.93. The van der Waals surface area contributed by atoms with Crippen LogP contribution in [0.2, 0.25) is 0 Å². The fourth-order valence-corrected chi connectivity index (χ4v) is 3.66. The highest BCUT2D eigenvalue weighted by Gasteiger charge is 2.51. The molecule has 1 atom stereocenters. The summed E-state index contributed by atoms with van der Waals surface area (Å²) < 4.78 is -0.545. The number of anilines is 1. The topological polar surface area (TPSA) is 29.1 Å². The summed E-state index contributed by atoms with van der Waals surface area (Å²) in [6, 6.07) is 5.99. The molecule has 1 aliphatic carbocycles. The molecule has 0 saturated heterocycles. The van der Waals surface area contributed by atoms with E-state index >= 15 is 0 Å². The predicted octanol–water partition coefficient (Wildman–Crippen LogP) is 4.17. The highest BCUT2D eigenvalue weighted by molar-refractivity contribution is 8.00. The van der Waals surface area contributed by atoms with Gasteiger partial charge in [0.15, 0.2) is 0 Å². The van der Waals surface area contributed by atoms with Crippen LogP contribution in [0.15, 0.2) is 18.2 Å². The Morgan fingerprint density at radius 2 is 2.16 bits per heavy atom. The minimum Gasteiger partial charge on any atom is -0.325 e. The molecule has 1 amide bonds. The van der Waals surface area contributed by atoms with E-state index in [0.717, 1.165) is 23.4 Å². The van der Waals surface area contributed by atoms with Crippen LogP contribution in [0.3, 0.4) is 0 Å². The number of benzene rings is 1. The minimum atomic E-state index is -0.545. The predicted molar refractivity (Wildman–Crippen MR) is 84.4 cm³/mol. The number of thioether (sulfide) groups is 1. The minimum absolute atomic E-state index is 0.0207. The van der Waals surface area contributed by atoms with E-state index in [1.807, 2.05) is 26.0 Å². The Morgan fingerprint density at radius 3 is 2.74 bits per heavy atom. The van der Waals surface area contributed by atoms with Crippen molar-refractivity contribution in [3.05, 3.63) is 29.3 Å². The van der Waals surface area contributed by atoms with Crippen molar-refractivity contribution in [1.82, 2.24) is 0 Å². The van der Waals surface area contributed by atoms with Gasteiger partial charge in [0.25, 0.3) is 0 Å². The second-order valence-electron chi connectivity index (χ2n) is 5.04. The largest absolute Gasteiger partial charge is 0.325 e. The first-order chi connectivity index (χ1) is 8.88. The average Bonchev–Trinajstić information content (AvgIpc) is 2.90. The van der Waals surface area contributed by atoms with Gasteiger partial charge in [-0.3, -0.25) is 4.79 Å². The normalized spacial score (nSPS) is 20.1. The van der Waals surface area contributed by atoms with E-state index in [-0.39, 0.29) is 5.91 Å². The third kappa shape index (κ3) is 4.30. The van der Waals surface area contributed by atoms with Gasteiger partial charge in [-0.15, -0.1) is 23.2 Å². The third-order valence-electron chi connectivity index (χ3n) is 3.16. The van der Waals surface area contributed by atoms with Crippen LogP contribution >= 0.6 is 35.0 Å². The van der Waals surface area contributed by atoms with Crippen LogP contribution in [0.4, 0.5) is 5.69 Å². The Labute approximate surface area is 128 Å². The van der Waals surface area contributed by atoms with Crippen molar-refractivity contribution < 1.29 is 4.79 Å². The van der Waals surface area contributed by atoms with Gasteiger partial charge in [-0.25, -0.2) is 0 Å². The molecule has 0 spiro atoms. The first-order valence-corrected chi connectivity index (χ1v) is 8.12. The lowest BCUT2D eigenvalue weighted by molar-refractivity contribution is -0.113. The van der Waals surface area contributed by atoms with E-state index in [2.05, 4.69) is 11.4 Å². The number of hydrogen-bond acceptors (Lipinski definition) is 2. The molecule has 0 aliphatic heterocycles. The number of halogens is 2. The monoisotopic (exact) mass is 317 g/mol. The van der Waals surface area contributed by atoms with Gasteiger partial charge >= 0.3 is 0 Å². The van der Waals surface area contributed by atoms with Gasteiger partial charge in [-0.2, -0.15) is 11.8 Å². The summed E-state index contributed by atoms with van der Waals surface area (Å²) in [7, 11) is 0. The lowest BCUT2D eigenvalue weighted by atomic mass is 10.1. The SMILES string of the molecule is Cc1ccc(NC(=O)CSC[C@H]2CC2(Cl)Cl)c(C)c1. The van der Waals surface area contributed by atoms with Gasteiger partial charge < -0.3 is 5.32 Å². The molecule has 1 saturated carbocycles. The van der Waals surface area contributed by atoms with Crippen molar-refractivity contribution in [2.75, 3.05) is 16.8 Å². The molecule has 2 rings (SSSR count). The van der Waals surface area contributed by atoms with E-state index in [1.54, 1.807) is 11.8 Å². The molecule has 1 N–H and O–H groups in total. The Morgan fingerprint density at radius 1 is 1.47 bits per heavy atom. The van der Waals surface area contributed by atoms with E-state index in [4.69, 9.17) is 23.2 Å². The second kappa shape index (κ2) is 5.94. The first kappa shape index (κ1) is 15.0. The number of nitrogens with one attached hydrogen (secondary N) is 1. The zero-order valence-electron chi connectivity index (χ0n) is 11.0. The number of rotatable bonds is 5. The van der Waals surface area contributed by atoms with E-state index in [9.17, 15) is 4.79 Å². The van der Waals surface area contributed by atoms with Crippen LogP contribution in [0.25, 0.3) is 0 Å². The summed E-state index contributed by atoms with van der Waals surface area (Å²) in [6.07, 6.45) is 0.835. The second-order valence-corrected chi connectivity index (χ2v) is 7.62. The Balaban J connectivity index is 1.75. The van der Waals surface area contributed by atoms with E-state index in [0.29, 0.717) is 11.7 Å². The van der Waals surface area contributed by atoms with Crippen molar-refractivity contribution in [1.29, 1.82) is 0 Å². The van der Waals surface area contributed by atoms with Crippen LogP contribution in [0.1, 0.15) is 17.5 Å². The number of carbonyl (C=O) groups is 1. The standard InChI is InChI=1S/C14H17Cl2NOS/c1-9-3-4-12(10(2)5-9)17-13(18)8-19-7-11-6-14(11,15)16/h3-5,11H,6-8H2,1-2H3,(H,17,18)/t11-/m1/s1. The van der Waals surface area contributed by atoms with Crippen molar-refractivity contribution in [2.24, 2.45) is 5.92 Å². The van der Waals surface area contributed by atoms with Gasteiger partial charge in [-0.05, 0) is 37.7 Å². The van der Waals surface area contributed by atoms with Gasteiger partial charge in [0.1, 0.15) is 4.33 Å². The number of carbonyl (C=O) groups excluding carboxylic acids is 1. The number of amides is 1. The summed E-state index contributed by atoms with van der Waals surface area (Å²) in [4.78, 5) is 11.8. The maximum atomic E-state index is 11.8. The highest BCUT2D eigenvalue weighted by Crippen LogP contribution is 2.54. The summed E-state index contributed by atoms with van der Waals surface area (Å²) >= 11 is 13.5. The Kier molecular flexibility index (Phi) is 4.70. The molecule has 0 radical (unpaired) electrons. The zero-order valence-corrected chi connectivity index (χ0v) is 13.3. The Bertz CT molecular complexity index is 490. The molecule has 0 heterocycles. The number of hydrogen-bond donors (Lipinski definition) is 1. The first-order valence-electron chi connectivity index (χ1n) is 6.21. The quantitative estimate of drug-likeness (QED) is 0.826. The lowest BCUT2D eigenvalue weighted by Crippen LogP contribution is -2.15. The van der Waals surface area contributed by atoms with Crippen molar-refractivity contribution >= 4 is 46.6 Å². The van der Waals surface area contributed by atoms with Gasteiger partial charge in [-0.1, -0.05) is 17.7 Å². The fraction of sp³-hybridized carbons (Fsp3) is 0.500. The molecule has 1 aromatic rings. The molecule has 104 valence electrons. The zero-order chi connectivity index (χ0) is 14.0. The third-order valence-corrected chi connectivity index (χ3v) is 5.19. The summed E-state index contributed by atoms with van der Waals surface area (Å²) in [6.45, 7) is 4.03. The van der Waals surface area contributed by atoms with Gasteiger partial charge in [0, 0.05) is 11.6 Å². The Hall–Kier alpha value is -0.380. The van der Waals surface area contributed by atoms with Crippen LogP contribution in [-0.2, 0) is 4.79 Å². The van der Waals surface area contributed by atoms with Gasteiger partial charge in [0.2, 0.25) is 5.91 Å². The molecule has 0 unspecified atom stereocenters. The fourth-order valence-electron chi connectivity index (χ4n) is 1.88. The molecule has 1 fully saturated rings. The molecule has 0 aromatic heterocycles. The van der Waals surface area contributed by atoms with Crippen molar-refractivity contribution in [2.45, 2.75) is 24.6 Å². The smallest absolute Gasteiger partial charge is 0.234 e. The van der Waals surface area contributed by atoms with E-state index in [1.165, 1.54) is 5.56 Å². The number of aryl methyl sites for hydroxylation is 2. The molecule has 1 aromatic carbocycles. The maximum absolute atomic E-state index is 11.8. The molecule has 0 bridgehead atoms. The maximum Gasteiger partial charge on any atom is 0.234 e. The summed E-state index contributed by atoms with van der Waals surface area (Å²) in [5.41, 5.74) is 3.16. The van der Waals surface area contributed by atoms with E-state index < -0.39 is 4.33 Å². The lowest BCUT2D eigenvalue weighted by Gasteiger charge is -2.09. The molecular formula is C14H17Cl2NOS. The molecular weight excluding hydrogens is 301 g/mol. The van der Waals surface area contributed by atoms with Crippen molar-refractivity contribution in [3.8, 4) is 0 Å². The molecule has 2 nitrogen and oxygen atoms in total. The van der Waals surface area contributed by atoms with Crippen LogP contribution in [-0.4, -0.2) is 21.7 Å². The average molecular weight is 318 g/mol. The van der Waals surface area contributed by atoms with Crippen LogP contribution in [0, 0.1) is 19.8 Å². The van der Waals surface area contributed by atoms with Crippen LogP contribution < -0.4 is 5.32 Å². The molecule has 19 heavy (non-hydrogen) atoms. The summed E-state index contributed by atoms with van der Waals surface area (Å²) in [5.74, 6) is 1.63. The molecule has 1 aliphatic rings. The van der Waals surface area contributed by atoms with Crippen molar-refractivity contribution in [3.63, 3.8) is 0 Å².